The number of rotatable bonds is 7. The fraction of sp³-hybridized carbons (Fsp3) is 0.200. The second-order valence-corrected chi connectivity index (χ2v) is 8.69. The lowest BCUT2D eigenvalue weighted by atomic mass is 10.0. The van der Waals surface area contributed by atoms with Crippen molar-refractivity contribution in [1.82, 2.24) is 4.72 Å². The zero-order valence-electron chi connectivity index (χ0n) is 15.3. The minimum atomic E-state index is -3.78. The van der Waals surface area contributed by atoms with Crippen molar-refractivity contribution < 1.29 is 17.9 Å². The molecule has 1 N–H and O–H groups in total. The molecule has 142 valence electrons. The van der Waals surface area contributed by atoms with Crippen LogP contribution >= 0.6 is 11.3 Å². The Balaban J connectivity index is 1.99. The molecule has 0 aliphatic carbocycles. The zero-order chi connectivity index (χ0) is 19.4. The van der Waals surface area contributed by atoms with Crippen molar-refractivity contribution in [2.45, 2.75) is 17.9 Å². The van der Waals surface area contributed by atoms with Crippen molar-refractivity contribution >= 4 is 21.4 Å². The van der Waals surface area contributed by atoms with E-state index in [9.17, 15) is 8.42 Å². The molecule has 1 aromatic heterocycles. The van der Waals surface area contributed by atoms with E-state index in [0.29, 0.717) is 11.5 Å². The van der Waals surface area contributed by atoms with Gasteiger partial charge in [-0.2, -0.15) is 4.72 Å². The number of hydrogen-bond donors (Lipinski definition) is 1. The van der Waals surface area contributed by atoms with Crippen LogP contribution < -0.4 is 14.2 Å². The molecule has 0 saturated heterocycles. The summed E-state index contributed by atoms with van der Waals surface area (Å²) in [6.45, 7) is 2.00. The highest BCUT2D eigenvalue weighted by molar-refractivity contribution is 7.89. The standard InChI is InChI=1S/C20H21NO4S2/c1-14-6-8-15(9-7-14)20(19-5-4-12-26-19)21-27(22,23)16-10-11-17(24-2)18(13-16)25-3/h4-13,20-21H,1-3H3/t20-/m1/s1. The van der Waals surface area contributed by atoms with Crippen LogP contribution in [0.1, 0.15) is 22.0 Å². The molecule has 3 rings (SSSR count). The summed E-state index contributed by atoms with van der Waals surface area (Å²) in [5.74, 6) is 0.841. The Hall–Kier alpha value is -2.35. The van der Waals surface area contributed by atoms with Gasteiger partial charge in [-0.15, -0.1) is 11.3 Å². The van der Waals surface area contributed by atoms with Crippen LogP contribution in [-0.2, 0) is 10.0 Å². The molecule has 0 aliphatic rings. The Morgan fingerprint density at radius 3 is 2.26 bits per heavy atom. The SMILES string of the molecule is COc1ccc(S(=O)(=O)N[C@H](c2ccc(C)cc2)c2cccs2)cc1OC. The Bertz CT molecular complexity index is 997. The van der Waals surface area contributed by atoms with Crippen molar-refractivity contribution in [3.8, 4) is 11.5 Å². The molecular formula is C20H21NO4S2. The highest BCUT2D eigenvalue weighted by Gasteiger charge is 2.24. The summed E-state index contributed by atoms with van der Waals surface area (Å²) < 4.78 is 39.3. The van der Waals surface area contributed by atoms with E-state index in [1.54, 1.807) is 6.07 Å². The normalized spacial score (nSPS) is 12.6. The van der Waals surface area contributed by atoms with E-state index in [1.807, 2.05) is 48.7 Å². The van der Waals surface area contributed by atoms with E-state index in [2.05, 4.69) is 4.72 Å². The Kier molecular flexibility index (Phi) is 5.84. The van der Waals surface area contributed by atoms with E-state index in [0.717, 1.165) is 16.0 Å². The van der Waals surface area contributed by atoms with E-state index in [-0.39, 0.29) is 4.90 Å². The van der Waals surface area contributed by atoms with Gasteiger partial charge in [-0.05, 0) is 36.1 Å². The largest absolute Gasteiger partial charge is 0.493 e. The van der Waals surface area contributed by atoms with Gasteiger partial charge < -0.3 is 9.47 Å². The quantitative estimate of drug-likeness (QED) is 0.644. The fourth-order valence-corrected chi connectivity index (χ4v) is 4.81. The first-order valence-corrected chi connectivity index (χ1v) is 10.6. The van der Waals surface area contributed by atoms with E-state index >= 15 is 0 Å². The Morgan fingerprint density at radius 2 is 1.67 bits per heavy atom. The number of hydrogen-bond acceptors (Lipinski definition) is 5. The van der Waals surface area contributed by atoms with Gasteiger partial charge >= 0.3 is 0 Å². The number of benzene rings is 2. The molecule has 0 unspecified atom stereocenters. The summed E-state index contributed by atoms with van der Waals surface area (Å²) in [5.41, 5.74) is 2.00. The highest BCUT2D eigenvalue weighted by Crippen LogP contribution is 2.32. The van der Waals surface area contributed by atoms with Crippen molar-refractivity contribution in [2.75, 3.05) is 14.2 Å². The smallest absolute Gasteiger partial charge is 0.241 e. The molecule has 0 amide bonds. The van der Waals surface area contributed by atoms with Crippen LogP contribution in [0, 0.1) is 6.92 Å². The number of thiophene rings is 1. The average Bonchev–Trinajstić information content (AvgIpc) is 3.21. The van der Waals surface area contributed by atoms with Gasteiger partial charge in [0.25, 0.3) is 0 Å². The van der Waals surface area contributed by atoms with E-state index in [4.69, 9.17) is 9.47 Å². The topological polar surface area (TPSA) is 64.6 Å². The average molecular weight is 404 g/mol. The summed E-state index contributed by atoms with van der Waals surface area (Å²) in [4.78, 5) is 1.04. The minimum absolute atomic E-state index is 0.119. The summed E-state index contributed by atoms with van der Waals surface area (Å²) in [5, 5.41) is 1.93. The van der Waals surface area contributed by atoms with Crippen molar-refractivity contribution in [2.24, 2.45) is 0 Å². The predicted octanol–water partition coefficient (Wildman–Crippen LogP) is 4.14. The van der Waals surface area contributed by atoms with Crippen LogP contribution in [0.2, 0.25) is 0 Å². The minimum Gasteiger partial charge on any atom is -0.493 e. The molecule has 2 aromatic carbocycles. The first kappa shape index (κ1) is 19.4. The lowest BCUT2D eigenvalue weighted by Crippen LogP contribution is -2.29. The summed E-state index contributed by atoms with van der Waals surface area (Å²) in [6, 6.07) is 15.7. The van der Waals surface area contributed by atoms with Crippen LogP contribution in [-0.4, -0.2) is 22.6 Å². The van der Waals surface area contributed by atoms with Crippen molar-refractivity contribution in [1.29, 1.82) is 0 Å². The molecule has 0 fully saturated rings. The zero-order valence-corrected chi connectivity index (χ0v) is 16.9. The lowest BCUT2D eigenvalue weighted by Gasteiger charge is -2.19. The van der Waals surface area contributed by atoms with Gasteiger partial charge in [0.15, 0.2) is 11.5 Å². The van der Waals surface area contributed by atoms with Gasteiger partial charge in [0.1, 0.15) is 0 Å². The number of nitrogens with one attached hydrogen (secondary N) is 1. The van der Waals surface area contributed by atoms with Crippen LogP contribution in [0.3, 0.4) is 0 Å². The Labute approximate surface area is 163 Å². The van der Waals surface area contributed by atoms with Gasteiger partial charge in [-0.1, -0.05) is 35.9 Å². The molecule has 0 spiro atoms. The van der Waals surface area contributed by atoms with Gasteiger partial charge in [0, 0.05) is 10.9 Å². The molecule has 1 heterocycles. The summed E-state index contributed by atoms with van der Waals surface area (Å²) in [6.07, 6.45) is 0. The van der Waals surface area contributed by atoms with Crippen molar-refractivity contribution in [3.63, 3.8) is 0 Å². The van der Waals surface area contributed by atoms with Gasteiger partial charge in [-0.3, -0.25) is 0 Å². The molecule has 0 saturated carbocycles. The van der Waals surface area contributed by atoms with Gasteiger partial charge in [0.2, 0.25) is 10.0 Å². The first-order valence-electron chi connectivity index (χ1n) is 8.29. The molecule has 0 radical (unpaired) electrons. The third-order valence-corrected chi connectivity index (χ3v) is 6.53. The molecule has 5 nitrogen and oxygen atoms in total. The van der Waals surface area contributed by atoms with Crippen LogP contribution in [0.15, 0.2) is 64.9 Å². The maximum Gasteiger partial charge on any atom is 0.241 e. The molecule has 0 bridgehead atoms. The van der Waals surface area contributed by atoms with Gasteiger partial charge in [-0.25, -0.2) is 8.42 Å². The fourth-order valence-electron chi connectivity index (χ4n) is 2.71. The molecular weight excluding hydrogens is 382 g/mol. The second kappa shape index (κ2) is 8.12. The van der Waals surface area contributed by atoms with Crippen LogP contribution in [0.25, 0.3) is 0 Å². The summed E-state index contributed by atoms with van der Waals surface area (Å²) >= 11 is 1.51. The van der Waals surface area contributed by atoms with Crippen LogP contribution in [0.5, 0.6) is 11.5 Å². The summed E-state index contributed by atoms with van der Waals surface area (Å²) in [7, 11) is -0.797. The first-order chi connectivity index (χ1) is 12.9. The predicted molar refractivity (Wildman–Crippen MR) is 107 cm³/mol. The third kappa shape index (κ3) is 4.32. The van der Waals surface area contributed by atoms with Crippen molar-refractivity contribution in [3.05, 3.63) is 76.0 Å². The number of methoxy groups -OCH3 is 2. The van der Waals surface area contributed by atoms with E-state index in [1.165, 1.54) is 37.7 Å². The Morgan fingerprint density at radius 1 is 0.963 bits per heavy atom. The number of aryl methyl sites for hydroxylation is 1. The highest BCUT2D eigenvalue weighted by atomic mass is 32.2. The van der Waals surface area contributed by atoms with Crippen LogP contribution in [0.4, 0.5) is 0 Å². The maximum atomic E-state index is 13.0. The second-order valence-electron chi connectivity index (χ2n) is 6.00. The molecule has 7 heteroatoms. The lowest BCUT2D eigenvalue weighted by molar-refractivity contribution is 0.354. The van der Waals surface area contributed by atoms with Gasteiger partial charge in [0.05, 0.1) is 25.2 Å². The maximum absolute atomic E-state index is 13.0. The third-order valence-electron chi connectivity index (χ3n) is 4.18. The number of sulfonamides is 1. The molecule has 3 aromatic rings. The number of ether oxygens (including phenoxy) is 2. The molecule has 0 aliphatic heterocycles. The molecule has 1 atom stereocenters. The van der Waals surface area contributed by atoms with E-state index < -0.39 is 16.1 Å². The molecule has 27 heavy (non-hydrogen) atoms. The monoisotopic (exact) mass is 403 g/mol.